The molecular weight excluding hydrogens is 347 g/mol. The number of ether oxygens (including phenoxy) is 1. The van der Waals surface area contributed by atoms with Crippen molar-refractivity contribution in [3.8, 4) is 5.88 Å². The molecule has 3 rings (SSSR count). The molecule has 6 nitrogen and oxygen atoms in total. The molecule has 96 valence electrons. The van der Waals surface area contributed by atoms with E-state index in [0.717, 1.165) is 49.3 Å². The van der Waals surface area contributed by atoms with Gasteiger partial charge in [-0.15, -0.1) is 0 Å². The first-order chi connectivity index (χ1) is 8.81. The van der Waals surface area contributed by atoms with Crippen LogP contribution in [0.5, 0.6) is 5.88 Å². The molecule has 1 aliphatic rings. The number of rotatable bonds is 2. The predicted octanol–water partition coefficient (Wildman–Crippen LogP) is 1.60. The van der Waals surface area contributed by atoms with Crippen LogP contribution in [0.2, 0.25) is 0 Å². The first kappa shape index (κ1) is 12.0. The van der Waals surface area contributed by atoms with Gasteiger partial charge in [0.15, 0.2) is 34.5 Å². The molecule has 7 heteroatoms. The summed E-state index contributed by atoms with van der Waals surface area (Å²) in [5.74, 6) is 1.64. The normalized spacial score (nSPS) is 16.2. The van der Waals surface area contributed by atoms with Gasteiger partial charge in [-0.05, 0) is 6.92 Å². The molecule has 0 N–H and O–H groups in total. The maximum atomic E-state index is 5.36. The highest BCUT2D eigenvalue weighted by Gasteiger charge is 2.19. The van der Waals surface area contributed by atoms with Gasteiger partial charge < -0.3 is 12.7 Å². The van der Waals surface area contributed by atoms with Crippen LogP contribution in [0.3, 0.4) is 0 Å². The van der Waals surface area contributed by atoms with Crippen molar-refractivity contribution in [2.24, 2.45) is 0 Å². The lowest BCUT2D eigenvalue weighted by Gasteiger charge is -2.27. The fourth-order valence-electron chi connectivity index (χ4n) is 2.15. The summed E-state index contributed by atoms with van der Waals surface area (Å²) in [5, 5.41) is 0. The molecule has 0 saturated carbocycles. The highest BCUT2D eigenvalue weighted by molar-refractivity contribution is 14.1. The molecule has 0 atom stereocenters. The van der Waals surface area contributed by atoms with Crippen molar-refractivity contribution in [3.05, 3.63) is 18.1 Å². The molecule has 2 aromatic rings. The van der Waals surface area contributed by atoms with Crippen molar-refractivity contribution in [1.29, 1.82) is 0 Å². The Labute approximate surface area is 119 Å². The molecule has 1 fully saturated rings. The van der Waals surface area contributed by atoms with Crippen LogP contribution >= 0.6 is 23.0 Å². The highest BCUT2D eigenvalue weighted by Crippen LogP contribution is 2.27. The summed E-state index contributed by atoms with van der Waals surface area (Å²) in [6, 6.07) is 0. The summed E-state index contributed by atoms with van der Waals surface area (Å²) in [6.45, 7) is 5.10. The van der Waals surface area contributed by atoms with Crippen molar-refractivity contribution in [3.63, 3.8) is 0 Å². The van der Waals surface area contributed by atoms with E-state index in [2.05, 4.69) is 14.9 Å². The number of anilines is 1. The molecule has 0 unspecified atom stereocenters. The Morgan fingerprint density at radius 2 is 2.17 bits per heavy atom. The molecule has 0 amide bonds. The minimum atomic E-state index is 0.734. The summed E-state index contributed by atoms with van der Waals surface area (Å²) < 4.78 is 12.6. The van der Waals surface area contributed by atoms with Crippen LogP contribution in [0.15, 0.2) is 12.4 Å². The van der Waals surface area contributed by atoms with Gasteiger partial charge in [-0.2, -0.15) is 0 Å². The van der Waals surface area contributed by atoms with Crippen LogP contribution < -0.4 is 7.97 Å². The average Bonchev–Trinajstić information content (AvgIpc) is 2.74. The number of halogens is 1. The fourth-order valence-corrected chi connectivity index (χ4v) is 2.68. The molecule has 18 heavy (non-hydrogen) atoms. The summed E-state index contributed by atoms with van der Waals surface area (Å²) in [4.78, 5) is 11.2. The van der Waals surface area contributed by atoms with E-state index < -0.39 is 0 Å². The fraction of sp³-hybridized carbons (Fsp3) is 0.455. The molecule has 0 radical (unpaired) electrons. The number of fused-ring (bicyclic) bond motifs is 1. The number of morpholine rings is 1. The Hall–Kier alpha value is -1.09. The highest BCUT2D eigenvalue weighted by atomic mass is 127. The number of nitrogens with zero attached hydrogens (tertiary/aromatic N) is 4. The lowest BCUT2D eigenvalue weighted by atomic mass is 10.4. The molecule has 2 aromatic heterocycles. The van der Waals surface area contributed by atoms with E-state index in [1.807, 2.05) is 40.5 Å². The van der Waals surface area contributed by atoms with Gasteiger partial charge in [0.1, 0.15) is 5.69 Å². The number of imidazole rings is 1. The maximum absolute atomic E-state index is 5.36. The van der Waals surface area contributed by atoms with Crippen LogP contribution in [-0.4, -0.2) is 40.7 Å². The summed E-state index contributed by atoms with van der Waals surface area (Å²) in [5.41, 5.74) is 1.70. The zero-order valence-electron chi connectivity index (χ0n) is 9.97. The van der Waals surface area contributed by atoms with Crippen molar-refractivity contribution < 1.29 is 7.80 Å². The van der Waals surface area contributed by atoms with E-state index in [1.165, 1.54) is 0 Å². The van der Waals surface area contributed by atoms with Crippen molar-refractivity contribution >= 4 is 34.5 Å². The third kappa shape index (κ3) is 1.91. The standard InChI is InChI=1S/C11H13IN4O2/c1-8-11(18-12)16-3-2-13-9(10(16)14-8)15-4-6-17-7-5-15/h2-3H,4-7H2,1H3. The number of hydrogen-bond acceptors (Lipinski definition) is 5. The maximum Gasteiger partial charge on any atom is 0.232 e. The molecule has 0 bridgehead atoms. The van der Waals surface area contributed by atoms with Gasteiger partial charge in [0.05, 0.1) is 13.2 Å². The lowest BCUT2D eigenvalue weighted by Crippen LogP contribution is -2.37. The quantitative estimate of drug-likeness (QED) is 0.762. The van der Waals surface area contributed by atoms with Gasteiger partial charge in [0.25, 0.3) is 0 Å². The second-order valence-corrected chi connectivity index (χ2v) is 4.56. The Balaban J connectivity index is 2.11. The molecule has 1 aliphatic heterocycles. The first-order valence-electron chi connectivity index (χ1n) is 5.76. The third-order valence-electron chi connectivity index (χ3n) is 3.03. The topological polar surface area (TPSA) is 51.9 Å². The number of aryl methyl sites for hydroxylation is 1. The van der Waals surface area contributed by atoms with Crippen molar-refractivity contribution in [2.45, 2.75) is 6.92 Å². The Bertz CT molecular complexity index is 565. The van der Waals surface area contributed by atoms with Gasteiger partial charge in [0, 0.05) is 25.5 Å². The van der Waals surface area contributed by atoms with Crippen molar-refractivity contribution in [1.82, 2.24) is 14.4 Å². The van der Waals surface area contributed by atoms with Crippen molar-refractivity contribution in [2.75, 3.05) is 31.2 Å². The summed E-state index contributed by atoms with van der Waals surface area (Å²) >= 11 is 1.88. The Morgan fingerprint density at radius 3 is 2.89 bits per heavy atom. The third-order valence-corrected chi connectivity index (χ3v) is 3.44. The smallest absolute Gasteiger partial charge is 0.232 e. The van der Waals surface area contributed by atoms with Gasteiger partial charge in [-0.1, -0.05) is 0 Å². The Morgan fingerprint density at radius 1 is 1.39 bits per heavy atom. The molecule has 0 spiro atoms. The Kier molecular flexibility index (Phi) is 3.25. The summed E-state index contributed by atoms with van der Waals surface area (Å²) in [7, 11) is 0. The molecule has 0 aromatic carbocycles. The molecule has 1 saturated heterocycles. The van der Waals surface area contributed by atoms with Crippen LogP contribution in [-0.2, 0) is 4.74 Å². The largest absolute Gasteiger partial charge is 0.408 e. The van der Waals surface area contributed by atoms with E-state index >= 15 is 0 Å². The minimum absolute atomic E-state index is 0.734. The predicted molar refractivity (Wildman–Crippen MR) is 75.4 cm³/mol. The lowest BCUT2D eigenvalue weighted by molar-refractivity contribution is 0.122. The second kappa shape index (κ2) is 4.88. The SMILES string of the molecule is Cc1nc2c(N3CCOCC3)nccn2c1OI. The summed E-state index contributed by atoms with van der Waals surface area (Å²) in [6.07, 6.45) is 3.64. The minimum Gasteiger partial charge on any atom is -0.408 e. The van der Waals surface area contributed by atoms with Gasteiger partial charge in [-0.3, -0.25) is 4.40 Å². The van der Waals surface area contributed by atoms with E-state index in [4.69, 9.17) is 7.80 Å². The average molecular weight is 360 g/mol. The zero-order valence-corrected chi connectivity index (χ0v) is 12.1. The van der Waals surface area contributed by atoms with E-state index in [0.29, 0.717) is 0 Å². The van der Waals surface area contributed by atoms with E-state index in [1.54, 1.807) is 6.20 Å². The van der Waals surface area contributed by atoms with Gasteiger partial charge in [-0.25, -0.2) is 9.97 Å². The van der Waals surface area contributed by atoms with Gasteiger partial charge >= 0.3 is 0 Å². The van der Waals surface area contributed by atoms with Crippen LogP contribution in [0.25, 0.3) is 5.65 Å². The van der Waals surface area contributed by atoms with Gasteiger partial charge in [0.2, 0.25) is 5.88 Å². The first-order valence-corrected chi connectivity index (χ1v) is 6.64. The van der Waals surface area contributed by atoms with Crippen LogP contribution in [0, 0.1) is 6.92 Å². The van der Waals surface area contributed by atoms with Crippen LogP contribution in [0.4, 0.5) is 5.82 Å². The van der Waals surface area contributed by atoms with E-state index in [-0.39, 0.29) is 0 Å². The van der Waals surface area contributed by atoms with Crippen LogP contribution in [0.1, 0.15) is 5.69 Å². The molecular formula is C11H13IN4O2. The van der Waals surface area contributed by atoms with E-state index in [9.17, 15) is 0 Å². The number of hydrogen-bond donors (Lipinski definition) is 0. The molecule has 3 heterocycles. The number of aromatic nitrogens is 3. The molecule has 0 aliphatic carbocycles. The zero-order chi connectivity index (χ0) is 12.5. The monoisotopic (exact) mass is 360 g/mol. The second-order valence-electron chi connectivity index (χ2n) is 4.12.